The molecule has 0 saturated carbocycles. The number of anilines is 2. The van der Waals surface area contributed by atoms with E-state index >= 15 is 4.39 Å². The largest absolute Gasteiger partial charge is 0.497 e. The number of carbonyl (C=O) groups excluding carboxylic acids is 1. The number of hydrogen-bond acceptors (Lipinski definition) is 6. The quantitative estimate of drug-likeness (QED) is 0.125. The molecule has 1 unspecified atom stereocenters. The minimum Gasteiger partial charge on any atom is -0.497 e. The molecular weight excluding hydrogens is 560 g/mol. The molecular formula is C25H22F4N4O4S2. The molecule has 2 aromatic heterocycles. The molecule has 2 aromatic carbocycles. The summed E-state index contributed by atoms with van der Waals surface area (Å²) in [6.45, 7) is -0.0301. The van der Waals surface area contributed by atoms with E-state index in [1.54, 1.807) is 7.11 Å². The predicted molar refractivity (Wildman–Crippen MR) is 141 cm³/mol. The van der Waals surface area contributed by atoms with Crippen molar-refractivity contribution in [2.45, 2.75) is 25.7 Å². The monoisotopic (exact) mass is 582 g/mol. The third-order valence-electron chi connectivity index (χ3n) is 5.83. The number of halogens is 4. The smallest absolute Gasteiger partial charge is 0.281 e. The number of methoxy groups -OCH3 is 1. The molecule has 4 aromatic rings. The average molecular weight is 583 g/mol. The Morgan fingerprint density at radius 3 is 2.56 bits per heavy atom. The number of thiophene rings is 1. The summed E-state index contributed by atoms with van der Waals surface area (Å²) in [5.41, 5.74) is -1.05. The van der Waals surface area contributed by atoms with Crippen LogP contribution in [0.25, 0.3) is 10.2 Å². The van der Waals surface area contributed by atoms with Crippen molar-refractivity contribution in [2.24, 2.45) is 0 Å². The topological polar surface area (TPSA) is 105 Å². The van der Waals surface area contributed by atoms with Crippen molar-refractivity contribution < 1.29 is 35.9 Å². The zero-order valence-corrected chi connectivity index (χ0v) is 22.0. The number of ether oxygens (including phenoxy) is 1. The third-order valence-corrected chi connectivity index (χ3v) is 7.58. The lowest BCUT2D eigenvalue weighted by Gasteiger charge is -2.22. The van der Waals surface area contributed by atoms with Gasteiger partial charge in [-0.1, -0.05) is 12.1 Å². The van der Waals surface area contributed by atoms with Crippen LogP contribution in [0.3, 0.4) is 0 Å². The zero-order chi connectivity index (χ0) is 28.1. The molecule has 0 bridgehead atoms. The fraction of sp³-hybridized carbons (Fsp3) is 0.240. The maximum Gasteiger partial charge on any atom is 0.281 e. The van der Waals surface area contributed by atoms with Crippen LogP contribution < -0.4 is 14.4 Å². The average Bonchev–Trinajstić information content (AvgIpc) is 3.36. The van der Waals surface area contributed by atoms with Crippen molar-refractivity contribution in [3.63, 3.8) is 0 Å². The van der Waals surface area contributed by atoms with Gasteiger partial charge in [-0.25, -0.2) is 31.7 Å². The number of aromatic nitrogens is 2. The standard InChI is InChI=1S/C25H22F4N4O4S2/c1-37-15-7-5-14(6-8-15)4-2-3-11-33(39(35)36)18-10-9-17(26)21(19(18)27)32-25(34)16-12-38-23-20(16)30-13-31-22(23)24(28)29/h5-10,12-13,24H,2-4,11H2,1H3,(H,32,34)(H,35,36). The fourth-order valence-corrected chi connectivity index (χ4v) is 5.46. The van der Waals surface area contributed by atoms with E-state index in [1.165, 1.54) is 5.38 Å². The Morgan fingerprint density at radius 1 is 1.15 bits per heavy atom. The first-order valence-corrected chi connectivity index (χ1v) is 13.5. The van der Waals surface area contributed by atoms with Crippen molar-refractivity contribution in [1.29, 1.82) is 0 Å². The van der Waals surface area contributed by atoms with Gasteiger partial charge in [-0.05, 0) is 49.1 Å². The molecule has 0 spiro atoms. The maximum atomic E-state index is 15.4. The van der Waals surface area contributed by atoms with E-state index in [0.717, 1.165) is 39.7 Å². The van der Waals surface area contributed by atoms with Gasteiger partial charge in [0.25, 0.3) is 23.6 Å². The Bertz CT molecular complexity index is 1500. The van der Waals surface area contributed by atoms with Crippen molar-refractivity contribution >= 4 is 50.1 Å². The number of amides is 1. The molecule has 1 amide bonds. The van der Waals surface area contributed by atoms with E-state index in [1.807, 2.05) is 24.3 Å². The summed E-state index contributed by atoms with van der Waals surface area (Å²) in [7, 11) is 1.56. The summed E-state index contributed by atoms with van der Waals surface area (Å²) in [5, 5.41) is 3.34. The second kappa shape index (κ2) is 12.5. The van der Waals surface area contributed by atoms with Crippen LogP contribution in [0.4, 0.5) is 28.9 Å². The molecule has 0 aliphatic carbocycles. The first-order valence-electron chi connectivity index (χ1n) is 11.5. The molecule has 2 heterocycles. The summed E-state index contributed by atoms with van der Waals surface area (Å²) >= 11 is -1.85. The van der Waals surface area contributed by atoms with E-state index in [0.29, 0.717) is 25.0 Å². The van der Waals surface area contributed by atoms with Crippen LogP contribution in [-0.4, -0.2) is 38.3 Å². The van der Waals surface area contributed by atoms with Gasteiger partial charge in [0.15, 0.2) is 5.82 Å². The summed E-state index contributed by atoms with van der Waals surface area (Å²) in [5.74, 6) is -2.67. The number of benzene rings is 2. The summed E-state index contributed by atoms with van der Waals surface area (Å²) < 4.78 is 84.2. The Labute approximate surface area is 227 Å². The van der Waals surface area contributed by atoms with Gasteiger partial charge < -0.3 is 10.1 Å². The SMILES string of the molecule is COc1ccc(CCCCN(c2ccc(F)c(NC(=O)c3csc4c(C(F)F)ncnc34)c2F)S(=O)O)cc1. The van der Waals surface area contributed by atoms with Crippen LogP contribution in [-0.2, 0) is 17.7 Å². The highest BCUT2D eigenvalue weighted by atomic mass is 32.2. The third kappa shape index (κ3) is 6.34. The second-order valence-electron chi connectivity index (χ2n) is 8.23. The lowest BCUT2D eigenvalue weighted by atomic mass is 10.1. The molecule has 0 saturated heterocycles. The summed E-state index contributed by atoms with van der Waals surface area (Å²) in [4.78, 5) is 20.3. The van der Waals surface area contributed by atoms with Gasteiger partial charge in [-0.15, -0.1) is 11.3 Å². The highest BCUT2D eigenvalue weighted by Gasteiger charge is 2.25. The molecule has 0 radical (unpaired) electrons. The molecule has 4 rings (SSSR count). The van der Waals surface area contributed by atoms with Gasteiger partial charge >= 0.3 is 0 Å². The molecule has 0 aliphatic heterocycles. The van der Waals surface area contributed by atoms with Crippen molar-refractivity contribution in [3.05, 3.63) is 76.6 Å². The van der Waals surface area contributed by atoms with Crippen LogP contribution in [0, 0.1) is 11.6 Å². The van der Waals surface area contributed by atoms with Crippen LogP contribution >= 0.6 is 11.3 Å². The molecule has 0 aliphatic rings. The minimum atomic E-state index is -2.90. The number of alkyl halides is 2. The number of fused-ring (bicyclic) bond motifs is 1. The minimum absolute atomic E-state index is 0.0242. The first-order chi connectivity index (χ1) is 18.7. The number of rotatable bonds is 11. The number of aryl methyl sites for hydroxylation is 1. The lowest BCUT2D eigenvalue weighted by molar-refractivity contribution is 0.102. The Hall–Kier alpha value is -3.62. The van der Waals surface area contributed by atoms with E-state index in [-0.39, 0.29) is 22.3 Å². The number of nitrogens with one attached hydrogen (secondary N) is 1. The highest BCUT2D eigenvalue weighted by Crippen LogP contribution is 2.34. The first kappa shape index (κ1) is 28.4. The molecule has 1 atom stereocenters. The van der Waals surface area contributed by atoms with Crippen LogP contribution in [0.1, 0.15) is 40.9 Å². The molecule has 2 N–H and O–H groups in total. The normalized spacial score (nSPS) is 12.1. The molecule has 0 fully saturated rings. The lowest BCUT2D eigenvalue weighted by Crippen LogP contribution is -2.28. The number of carbonyl (C=O) groups is 1. The van der Waals surface area contributed by atoms with Crippen molar-refractivity contribution in [1.82, 2.24) is 9.97 Å². The highest BCUT2D eigenvalue weighted by molar-refractivity contribution is 7.80. The summed E-state index contributed by atoms with van der Waals surface area (Å²) in [6.07, 6.45) is -0.352. The van der Waals surface area contributed by atoms with E-state index in [9.17, 15) is 26.7 Å². The van der Waals surface area contributed by atoms with E-state index in [4.69, 9.17) is 4.74 Å². The van der Waals surface area contributed by atoms with Gasteiger partial charge in [-0.2, -0.15) is 0 Å². The zero-order valence-electron chi connectivity index (χ0n) is 20.4. The Morgan fingerprint density at radius 2 is 1.90 bits per heavy atom. The molecule has 14 heteroatoms. The van der Waals surface area contributed by atoms with Gasteiger partial charge in [0, 0.05) is 11.9 Å². The molecule has 206 valence electrons. The van der Waals surface area contributed by atoms with E-state index < -0.39 is 52.3 Å². The van der Waals surface area contributed by atoms with Crippen LogP contribution in [0.5, 0.6) is 5.75 Å². The van der Waals surface area contributed by atoms with Crippen molar-refractivity contribution in [3.8, 4) is 5.75 Å². The molecule has 8 nitrogen and oxygen atoms in total. The van der Waals surface area contributed by atoms with Crippen molar-refractivity contribution in [2.75, 3.05) is 23.3 Å². The number of nitrogens with zero attached hydrogens (tertiary/aromatic N) is 3. The van der Waals surface area contributed by atoms with Gasteiger partial charge in [0.1, 0.15) is 29.3 Å². The Kier molecular flexibility index (Phi) is 9.09. The Balaban J connectivity index is 1.50. The van der Waals surface area contributed by atoms with Crippen LogP contribution in [0.15, 0.2) is 48.1 Å². The van der Waals surface area contributed by atoms with Gasteiger partial charge in [0.05, 0.1) is 28.6 Å². The van der Waals surface area contributed by atoms with Crippen LogP contribution in [0.2, 0.25) is 0 Å². The van der Waals surface area contributed by atoms with Gasteiger partial charge in [0.2, 0.25) is 0 Å². The van der Waals surface area contributed by atoms with E-state index in [2.05, 4.69) is 15.3 Å². The predicted octanol–water partition coefficient (Wildman–Crippen LogP) is 6.13. The summed E-state index contributed by atoms with van der Waals surface area (Å²) in [6, 6.07) is 9.28. The van der Waals surface area contributed by atoms with Gasteiger partial charge in [-0.3, -0.25) is 13.7 Å². The maximum absolute atomic E-state index is 15.4. The number of hydrogen-bond donors (Lipinski definition) is 2. The molecule has 39 heavy (non-hydrogen) atoms. The number of unbranched alkanes of at least 4 members (excludes halogenated alkanes) is 1. The second-order valence-corrected chi connectivity index (χ2v) is 10.0. The fourth-order valence-electron chi connectivity index (χ4n) is 3.87.